The summed E-state index contributed by atoms with van der Waals surface area (Å²) in [5.74, 6) is 2.59. The molecule has 180 valence electrons. The van der Waals surface area contributed by atoms with E-state index in [1.165, 1.54) is 12.1 Å². The Hall–Kier alpha value is -1.71. The van der Waals surface area contributed by atoms with Crippen molar-refractivity contribution in [2.45, 2.75) is 36.5 Å². The van der Waals surface area contributed by atoms with E-state index in [0.29, 0.717) is 5.92 Å². The number of aromatic nitrogens is 2. The number of rotatable bonds is 7. The highest BCUT2D eigenvalue weighted by Crippen LogP contribution is 2.64. The van der Waals surface area contributed by atoms with Gasteiger partial charge in [0.1, 0.15) is 5.82 Å². The lowest BCUT2D eigenvalue weighted by Gasteiger charge is -2.28. The van der Waals surface area contributed by atoms with E-state index in [1.54, 1.807) is 23.9 Å². The van der Waals surface area contributed by atoms with Crippen molar-refractivity contribution in [1.82, 2.24) is 14.5 Å². The van der Waals surface area contributed by atoms with Gasteiger partial charge in [-0.05, 0) is 61.4 Å². The molecule has 2 aromatic rings. The number of halogens is 3. The molecule has 3 heterocycles. The fraction of sp³-hybridized carbons (Fsp3) is 0.625. The molecule has 0 radical (unpaired) electrons. The molecule has 2 aliphatic heterocycles. The molecule has 9 heteroatoms. The lowest BCUT2D eigenvalue weighted by molar-refractivity contribution is -0.137. The van der Waals surface area contributed by atoms with Crippen molar-refractivity contribution in [3.05, 3.63) is 41.6 Å². The van der Waals surface area contributed by atoms with Crippen LogP contribution in [0.5, 0.6) is 0 Å². The van der Waals surface area contributed by atoms with Crippen LogP contribution in [0.4, 0.5) is 19.0 Å². The minimum Gasteiger partial charge on any atom is -0.378 e. The number of anilines is 1. The van der Waals surface area contributed by atoms with Crippen LogP contribution in [0.2, 0.25) is 0 Å². The van der Waals surface area contributed by atoms with Crippen LogP contribution in [-0.2, 0) is 18.0 Å². The molecule has 3 aliphatic rings. The molecular weight excluding hydrogens is 449 g/mol. The maximum Gasteiger partial charge on any atom is 0.416 e. The monoisotopic (exact) mass is 480 g/mol. The Balaban J connectivity index is 1.06. The summed E-state index contributed by atoms with van der Waals surface area (Å²) in [5, 5.41) is 1.05. The summed E-state index contributed by atoms with van der Waals surface area (Å²) in [6.45, 7) is 6.57. The Morgan fingerprint density at radius 3 is 2.64 bits per heavy atom. The van der Waals surface area contributed by atoms with Crippen LogP contribution in [0.3, 0.4) is 0 Å². The highest BCUT2D eigenvalue weighted by atomic mass is 32.2. The van der Waals surface area contributed by atoms with Crippen LogP contribution in [0.1, 0.15) is 36.3 Å². The average Bonchev–Trinajstić information content (AvgIpc) is 3.15. The maximum atomic E-state index is 12.8. The molecule has 2 atom stereocenters. The lowest BCUT2D eigenvalue weighted by atomic mass is 9.97. The smallest absolute Gasteiger partial charge is 0.378 e. The van der Waals surface area contributed by atoms with Gasteiger partial charge in [0.15, 0.2) is 5.16 Å². The van der Waals surface area contributed by atoms with E-state index in [9.17, 15) is 13.2 Å². The highest BCUT2D eigenvalue weighted by molar-refractivity contribution is 7.99. The number of imidazole rings is 1. The first-order valence-electron chi connectivity index (χ1n) is 11.7. The molecule has 0 unspecified atom stereocenters. The number of likely N-dealkylation sites (tertiary alicyclic amines) is 1. The molecule has 5 rings (SSSR count). The second-order valence-electron chi connectivity index (χ2n) is 9.52. The molecule has 0 amide bonds. The largest absolute Gasteiger partial charge is 0.416 e. The van der Waals surface area contributed by atoms with Gasteiger partial charge < -0.3 is 19.1 Å². The molecule has 1 aromatic carbocycles. The van der Waals surface area contributed by atoms with E-state index in [0.717, 1.165) is 87.5 Å². The summed E-state index contributed by atoms with van der Waals surface area (Å²) in [6.07, 6.45) is 1.05. The molecule has 1 aromatic heterocycles. The number of morpholine rings is 1. The third-order valence-electron chi connectivity index (χ3n) is 7.40. The number of hydrogen-bond acceptors (Lipinski definition) is 5. The third-order valence-corrected chi connectivity index (χ3v) is 8.53. The quantitative estimate of drug-likeness (QED) is 0.426. The van der Waals surface area contributed by atoms with Gasteiger partial charge >= 0.3 is 6.18 Å². The van der Waals surface area contributed by atoms with Gasteiger partial charge in [-0.2, -0.15) is 13.2 Å². The van der Waals surface area contributed by atoms with Gasteiger partial charge in [0.2, 0.25) is 0 Å². The minimum absolute atomic E-state index is 0.277. The molecule has 2 saturated heterocycles. The van der Waals surface area contributed by atoms with E-state index >= 15 is 0 Å². The predicted molar refractivity (Wildman–Crippen MR) is 124 cm³/mol. The molecule has 3 fully saturated rings. The van der Waals surface area contributed by atoms with Crippen molar-refractivity contribution in [3.8, 4) is 0 Å². The topological polar surface area (TPSA) is 33.5 Å². The van der Waals surface area contributed by atoms with Crippen LogP contribution in [-0.4, -0.2) is 66.1 Å². The van der Waals surface area contributed by atoms with Crippen LogP contribution in [0.15, 0.2) is 35.6 Å². The number of nitrogens with zero attached hydrogens (tertiary/aromatic N) is 4. The zero-order valence-corrected chi connectivity index (χ0v) is 19.8. The van der Waals surface area contributed by atoms with E-state index in [-0.39, 0.29) is 5.41 Å². The van der Waals surface area contributed by atoms with Gasteiger partial charge in [-0.25, -0.2) is 4.98 Å². The van der Waals surface area contributed by atoms with E-state index in [4.69, 9.17) is 4.74 Å². The van der Waals surface area contributed by atoms with Crippen molar-refractivity contribution in [3.63, 3.8) is 0 Å². The molecule has 1 saturated carbocycles. The van der Waals surface area contributed by atoms with E-state index in [1.807, 2.05) is 6.20 Å². The Kier molecular flexibility index (Phi) is 6.39. The van der Waals surface area contributed by atoms with Gasteiger partial charge in [-0.15, -0.1) is 0 Å². The summed E-state index contributed by atoms with van der Waals surface area (Å²) in [5.41, 5.74) is 0.780. The SMILES string of the molecule is Cn1c(N2CCOCC2)cnc1SCCCN1CC[C@]2(C[C@@H]2c2ccc(C(F)(F)F)cc2)C1. The Bertz CT molecular complexity index is 958. The average molecular weight is 481 g/mol. The normalized spacial score (nSPS) is 25.8. The fourth-order valence-corrected chi connectivity index (χ4v) is 6.28. The molecule has 0 N–H and O–H groups in total. The summed E-state index contributed by atoms with van der Waals surface area (Å²) in [4.78, 5) is 9.47. The van der Waals surface area contributed by atoms with Gasteiger partial charge in [-0.3, -0.25) is 0 Å². The van der Waals surface area contributed by atoms with Gasteiger partial charge in [0.25, 0.3) is 0 Å². The Morgan fingerprint density at radius 2 is 1.91 bits per heavy atom. The first-order valence-corrected chi connectivity index (χ1v) is 12.7. The third kappa shape index (κ3) is 4.91. The molecule has 5 nitrogen and oxygen atoms in total. The van der Waals surface area contributed by atoms with Crippen LogP contribution >= 0.6 is 11.8 Å². The van der Waals surface area contributed by atoms with Crippen molar-refractivity contribution in [2.75, 3.05) is 56.6 Å². The number of thioether (sulfide) groups is 1. The molecule has 33 heavy (non-hydrogen) atoms. The first kappa shape index (κ1) is 23.1. The second kappa shape index (κ2) is 9.15. The van der Waals surface area contributed by atoms with Gasteiger partial charge in [0.05, 0.1) is 25.0 Å². The fourth-order valence-electron chi connectivity index (χ4n) is 5.41. The van der Waals surface area contributed by atoms with Gasteiger partial charge in [-0.1, -0.05) is 23.9 Å². The zero-order chi connectivity index (χ0) is 23.1. The molecular formula is C24H31F3N4OS. The first-order chi connectivity index (χ1) is 15.9. The predicted octanol–water partition coefficient (Wildman–Crippen LogP) is 4.64. The standard InChI is InChI=1S/C24H31F3N4OS/c1-29-21(31-10-12-32-13-11-31)16-28-22(29)33-14-2-8-30-9-7-23(17-30)15-20(23)18-3-5-19(6-4-18)24(25,26)27/h3-6,16,20H,2,7-15,17H2,1H3/t20-,23+/m1/s1. The minimum atomic E-state index is -4.26. The number of ether oxygens (including phenoxy) is 1. The van der Waals surface area contributed by atoms with Crippen LogP contribution in [0, 0.1) is 5.41 Å². The zero-order valence-electron chi connectivity index (χ0n) is 19.0. The van der Waals surface area contributed by atoms with Crippen LogP contribution in [0.25, 0.3) is 0 Å². The van der Waals surface area contributed by atoms with Crippen molar-refractivity contribution >= 4 is 17.6 Å². The summed E-state index contributed by atoms with van der Waals surface area (Å²) >= 11 is 1.81. The van der Waals surface area contributed by atoms with E-state index < -0.39 is 11.7 Å². The second-order valence-corrected chi connectivity index (χ2v) is 10.6. The van der Waals surface area contributed by atoms with Crippen LogP contribution < -0.4 is 4.90 Å². The summed E-state index contributed by atoms with van der Waals surface area (Å²) in [7, 11) is 2.08. The molecule has 0 bridgehead atoms. The lowest BCUT2D eigenvalue weighted by Crippen LogP contribution is -2.37. The summed E-state index contributed by atoms with van der Waals surface area (Å²) in [6, 6.07) is 5.82. The molecule has 1 aliphatic carbocycles. The number of hydrogen-bond donors (Lipinski definition) is 0. The summed E-state index contributed by atoms with van der Waals surface area (Å²) < 4.78 is 46.1. The van der Waals surface area contributed by atoms with Gasteiger partial charge in [0, 0.05) is 32.4 Å². The van der Waals surface area contributed by atoms with E-state index in [2.05, 4.69) is 26.4 Å². The Labute approximate surface area is 197 Å². The maximum absolute atomic E-state index is 12.8. The molecule has 1 spiro atoms. The number of alkyl halides is 3. The van der Waals surface area contributed by atoms with Crippen molar-refractivity contribution in [1.29, 1.82) is 0 Å². The number of benzene rings is 1. The van der Waals surface area contributed by atoms with Crippen molar-refractivity contribution in [2.24, 2.45) is 12.5 Å². The highest BCUT2D eigenvalue weighted by Gasteiger charge is 2.57. The van der Waals surface area contributed by atoms with Crippen molar-refractivity contribution < 1.29 is 17.9 Å². The Morgan fingerprint density at radius 1 is 1.15 bits per heavy atom.